The first-order valence-electron chi connectivity index (χ1n) is 8.09. The zero-order valence-corrected chi connectivity index (χ0v) is 15.1. The Morgan fingerprint density at radius 1 is 0.920 bits per heavy atom. The number of imidazole rings is 1. The second-order valence-electron chi connectivity index (χ2n) is 6.21. The van der Waals surface area contributed by atoms with Gasteiger partial charge in [0.15, 0.2) is 0 Å². The standard InChI is InChI=1S/C18H20N6.ClH/c1-22(2)11-12-23-16-9-5-3-7-14(16)19-18(23)13-24-17-10-6-4-8-15(17)20-21-24;/h3-10H,11-13H2,1-2H3;1H. The third kappa shape index (κ3) is 3.36. The maximum Gasteiger partial charge on any atom is 0.131 e. The maximum atomic E-state index is 4.83. The van der Waals surface area contributed by atoms with Crippen molar-refractivity contribution >= 4 is 34.5 Å². The Kier molecular flexibility index (Phi) is 5.01. The fourth-order valence-electron chi connectivity index (χ4n) is 2.96. The Labute approximate surface area is 152 Å². The van der Waals surface area contributed by atoms with Gasteiger partial charge in [0.25, 0.3) is 0 Å². The number of halogens is 1. The van der Waals surface area contributed by atoms with E-state index in [1.54, 1.807) is 0 Å². The van der Waals surface area contributed by atoms with Crippen LogP contribution < -0.4 is 0 Å². The maximum absolute atomic E-state index is 4.83. The van der Waals surface area contributed by atoms with E-state index in [2.05, 4.69) is 52.1 Å². The average molecular weight is 357 g/mol. The van der Waals surface area contributed by atoms with E-state index in [1.165, 1.54) is 5.52 Å². The van der Waals surface area contributed by atoms with Gasteiger partial charge in [0, 0.05) is 13.1 Å². The quantitative estimate of drug-likeness (QED) is 0.551. The molecule has 0 spiro atoms. The van der Waals surface area contributed by atoms with Crippen LogP contribution in [0.15, 0.2) is 48.5 Å². The fraction of sp³-hybridized carbons (Fsp3) is 0.278. The zero-order valence-electron chi connectivity index (χ0n) is 14.3. The Morgan fingerprint density at radius 2 is 1.60 bits per heavy atom. The molecular weight excluding hydrogens is 336 g/mol. The summed E-state index contributed by atoms with van der Waals surface area (Å²) in [6, 6.07) is 16.3. The van der Waals surface area contributed by atoms with Gasteiger partial charge in [-0.3, -0.25) is 0 Å². The molecule has 0 saturated carbocycles. The zero-order chi connectivity index (χ0) is 16.5. The lowest BCUT2D eigenvalue weighted by atomic mass is 10.3. The lowest BCUT2D eigenvalue weighted by Gasteiger charge is -2.13. The van der Waals surface area contributed by atoms with Crippen LogP contribution in [0.4, 0.5) is 0 Å². The summed E-state index contributed by atoms with van der Waals surface area (Å²) in [5.74, 6) is 1.01. The van der Waals surface area contributed by atoms with Crippen LogP contribution in [0.2, 0.25) is 0 Å². The molecule has 25 heavy (non-hydrogen) atoms. The molecule has 2 aromatic carbocycles. The van der Waals surface area contributed by atoms with E-state index in [9.17, 15) is 0 Å². The van der Waals surface area contributed by atoms with Gasteiger partial charge < -0.3 is 9.47 Å². The van der Waals surface area contributed by atoms with Gasteiger partial charge in [0.2, 0.25) is 0 Å². The number of rotatable bonds is 5. The molecule has 0 amide bonds. The average Bonchev–Trinajstić information content (AvgIpc) is 3.15. The molecule has 6 nitrogen and oxygen atoms in total. The number of nitrogens with zero attached hydrogens (tertiary/aromatic N) is 6. The predicted octanol–water partition coefficient (Wildman–Crippen LogP) is 2.81. The topological polar surface area (TPSA) is 51.8 Å². The molecule has 2 heterocycles. The lowest BCUT2D eigenvalue weighted by molar-refractivity contribution is 0.382. The van der Waals surface area contributed by atoms with Gasteiger partial charge in [-0.05, 0) is 38.4 Å². The third-order valence-corrected chi connectivity index (χ3v) is 4.22. The van der Waals surface area contributed by atoms with Crippen molar-refractivity contribution in [1.29, 1.82) is 0 Å². The van der Waals surface area contributed by atoms with Crippen LogP contribution in [0.5, 0.6) is 0 Å². The molecule has 130 valence electrons. The van der Waals surface area contributed by atoms with Crippen LogP contribution in [0, 0.1) is 0 Å². The van der Waals surface area contributed by atoms with Gasteiger partial charge in [0.05, 0.1) is 16.6 Å². The number of aromatic nitrogens is 5. The van der Waals surface area contributed by atoms with Crippen molar-refractivity contribution in [1.82, 2.24) is 29.4 Å². The molecule has 4 rings (SSSR count). The normalized spacial score (nSPS) is 11.3. The van der Waals surface area contributed by atoms with E-state index < -0.39 is 0 Å². The second kappa shape index (κ2) is 7.21. The molecule has 0 atom stereocenters. The Bertz CT molecular complexity index is 987. The summed E-state index contributed by atoms with van der Waals surface area (Å²) in [5.41, 5.74) is 4.13. The largest absolute Gasteiger partial charge is 0.325 e. The van der Waals surface area contributed by atoms with E-state index in [0.717, 1.165) is 35.5 Å². The summed E-state index contributed by atoms with van der Waals surface area (Å²) < 4.78 is 4.20. The number of para-hydroxylation sites is 3. The summed E-state index contributed by atoms with van der Waals surface area (Å²) in [4.78, 5) is 7.01. The van der Waals surface area contributed by atoms with Crippen LogP contribution in [0.1, 0.15) is 5.82 Å². The summed E-state index contributed by atoms with van der Waals surface area (Å²) in [6.45, 7) is 2.48. The van der Waals surface area contributed by atoms with Crippen molar-refractivity contribution < 1.29 is 0 Å². The van der Waals surface area contributed by atoms with Crippen molar-refractivity contribution in [3.63, 3.8) is 0 Å². The Morgan fingerprint density at radius 3 is 2.36 bits per heavy atom. The molecule has 0 saturated heterocycles. The summed E-state index contributed by atoms with van der Waals surface area (Å²) in [5, 5.41) is 8.54. The van der Waals surface area contributed by atoms with Gasteiger partial charge >= 0.3 is 0 Å². The van der Waals surface area contributed by atoms with E-state index in [0.29, 0.717) is 6.54 Å². The molecule has 0 aliphatic rings. The van der Waals surface area contributed by atoms with Crippen molar-refractivity contribution in [2.75, 3.05) is 20.6 Å². The fourth-order valence-corrected chi connectivity index (χ4v) is 2.96. The molecule has 0 aliphatic carbocycles. The smallest absolute Gasteiger partial charge is 0.131 e. The monoisotopic (exact) mass is 356 g/mol. The Hall–Kier alpha value is -2.44. The number of hydrogen-bond acceptors (Lipinski definition) is 4. The lowest BCUT2D eigenvalue weighted by Crippen LogP contribution is -2.20. The van der Waals surface area contributed by atoms with Gasteiger partial charge in [0.1, 0.15) is 17.9 Å². The van der Waals surface area contributed by atoms with Gasteiger partial charge in [-0.2, -0.15) is 0 Å². The molecule has 0 unspecified atom stereocenters. The van der Waals surface area contributed by atoms with Crippen molar-refractivity contribution in [3.8, 4) is 0 Å². The summed E-state index contributed by atoms with van der Waals surface area (Å²) >= 11 is 0. The van der Waals surface area contributed by atoms with Gasteiger partial charge in [-0.1, -0.05) is 29.5 Å². The molecule has 0 radical (unpaired) electrons. The van der Waals surface area contributed by atoms with Crippen LogP contribution >= 0.6 is 12.4 Å². The highest BCUT2D eigenvalue weighted by atomic mass is 35.5. The third-order valence-electron chi connectivity index (χ3n) is 4.22. The van der Waals surface area contributed by atoms with Crippen LogP contribution in [0.3, 0.4) is 0 Å². The first-order chi connectivity index (χ1) is 11.7. The second-order valence-corrected chi connectivity index (χ2v) is 6.21. The molecule has 0 fully saturated rings. The Balaban J connectivity index is 0.00000182. The van der Waals surface area contributed by atoms with Gasteiger partial charge in [-0.15, -0.1) is 17.5 Å². The van der Waals surface area contributed by atoms with Crippen LogP contribution in [-0.4, -0.2) is 50.1 Å². The molecule has 0 bridgehead atoms. The summed E-state index contributed by atoms with van der Waals surface area (Å²) in [7, 11) is 4.17. The predicted molar refractivity (Wildman–Crippen MR) is 102 cm³/mol. The molecule has 0 aliphatic heterocycles. The van der Waals surface area contributed by atoms with Crippen molar-refractivity contribution in [2.24, 2.45) is 0 Å². The highest BCUT2D eigenvalue weighted by molar-refractivity contribution is 5.85. The summed E-state index contributed by atoms with van der Waals surface area (Å²) in [6.07, 6.45) is 0. The number of benzene rings is 2. The highest BCUT2D eigenvalue weighted by Crippen LogP contribution is 2.18. The number of fused-ring (bicyclic) bond motifs is 2. The molecular formula is C18H21ClN6. The number of hydrogen-bond donors (Lipinski definition) is 0. The first kappa shape index (κ1) is 17.4. The molecule has 2 aromatic heterocycles. The van der Waals surface area contributed by atoms with E-state index in [1.807, 2.05) is 35.0 Å². The van der Waals surface area contributed by atoms with Crippen molar-refractivity contribution in [3.05, 3.63) is 54.4 Å². The van der Waals surface area contributed by atoms with Crippen LogP contribution in [-0.2, 0) is 13.1 Å². The first-order valence-corrected chi connectivity index (χ1v) is 8.09. The highest BCUT2D eigenvalue weighted by Gasteiger charge is 2.13. The minimum atomic E-state index is 0. The molecule has 4 aromatic rings. The molecule has 7 heteroatoms. The minimum Gasteiger partial charge on any atom is -0.325 e. The van der Waals surface area contributed by atoms with E-state index in [-0.39, 0.29) is 12.4 Å². The van der Waals surface area contributed by atoms with Gasteiger partial charge in [-0.25, -0.2) is 9.67 Å². The minimum absolute atomic E-state index is 0. The molecule has 0 N–H and O–H groups in total. The van der Waals surface area contributed by atoms with Crippen molar-refractivity contribution in [2.45, 2.75) is 13.1 Å². The van der Waals surface area contributed by atoms with E-state index >= 15 is 0 Å². The van der Waals surface area contributed by atoms with Crippen LogP contribution in [0.25, 0.3) is 22.1 Å². The number of likely N-dealkylation sites (N-methyl/N-ethyl adjacent to an activating group) is 1. The SMILES string of the molecule is CN(C)CCn1c(Cn2nnc3ccccc32)nc2ccccc21.Cl. The van der Waals surface area contributed by atoms with E-state index in [4.69, 9.17) is 4.98 Å².